The van der Waals surface area contributed by atoms with Crippen LogP contribution in [0, 0.1) is 0 Å². The summed E-state index contributed by atoms with van der Waals surface area (Å²) in [6.45, 7) is 4.42. The molecule has 1 amide bonds. The maximum Gasteiger partial charge on any atom is 0.237 e. The van der Waals surface area contributed by atoms with Gasteiger partial charge in [0.05, 0.1) is 5.54 Å². The number of hydrogen-bond donors (Lipinski definition) is 2. The van der Waals surface area contributed by atoms with Gasteiger partial charge in [0.15, 0.2) is 0 Å². The Labute approximate surface area is 102 Å². The van der Waals surface area contributed by atoms with Gasteiger partial charge in [-0.1, -0.05) is 13.8 Å². The summed E-state index contributed by atoms with van der Waals surface area (Å²) in [5.74, 6) is -0.147. The number of carbonyl (C=O) groups excluding carboxylic acids is 1. The minimum absolute atomic E-state index is 0.147. The summed E-state index contributed by atoms with van der Waals surface area (Å²) in [5.41, 5.74) is 5.20. The Balaban J connectivity index is 1.96. The van der Waals surface area contributed by atoms with Crippen molar-refractivity contribution >= 4 is 17.7 Å². The van der Waals surface area contributed by atoms with Crippen LogP contribution in [-0.4, -0.2) is 28.0 Å². The highest BCUT2D eigenvalue weighted by Crippen LogP contribution is 2.40. The lowest BCUT2D eigenvalue weighted by Gasteiger charge is -2.27. The van der Waals surface area contributed by atoms with Crippen LogP contribution in [0.25, 0.3) is 0 Å². The van der Waals surface area contributed by atoms with E-state index in [0.29, 0.717) is 16.5 Å². The van der Waals surface area contributed by atoms with Gasteiger partial charge in [0, 0.05) is 11.3 Å². The minimum atomic E-state index is -0.395. The zero-order chi connectivity index (χ0) is 11.8. The molecule has 0 aromatic heterocycles. The van der Waals surface area contributed by atoms with Gasteiger partial charge in [0.2, 0.25) is 5.91 Å². The van der Waals surface area contributed by atoms with Gasteiger partial charge in [-0.25, -0.2) is 0 Å². The number of hydrogen-bond acceptors (Lipinski definition) is 3. The quantitative estimate of drug-likeness (QED) is 0.771. The van der Waals surface area contributed by atoms with E-state index in [2.05, 4.69) is 19.2 Å². The Bertz CT molecular complexity index is 278. The molecule has 0 heterocycles. The molecule has 0 spiro atoms. The Kier molecular flexibility index (Phi) is 3.50. The van der Waals surface area contributed by atoms with Crippen molar-refractivity contribution in [2.24, 2.45) is 5.73 Å². The molecule has 2 atom stereocenters. The second-order valence-electron chi connectivity index (χ2n) is 5.41. The van der Waals surface area contributed by atoms with Gasteiger partial charge < -0.3 is 11.1 Å². The third-order valence-corrected chi connectivity index (χ3v) is 4.79. The summed E-state index contributed by atoms with van der Waals surface area (Å²) in [7, 11) is 0. The van der Waals surface area contributed by atoms with Crippen molar-refractivity contribution in [1.82, 2.24) is 5.32 Å². The maximum atomic E-state index is 11.7. The predicted molar refractivity (Wildman–Crippen MR) is 68.4 cm³/mol. The fraction of sp³-hybridized carbons (Fsp3) is 0.917. The van der Waals surface area contributed by atoms with Crippen molar-refractivity contribution < 1.29 is 4.79 Å². The number of thioether (sulfide) groups is 1. The van der Waals surface area contributed by atoms with E-state index < -0.39 is 5.54 Å². The number of carbonyl (C=O) groups is 1. The van der Waals surface area contributed by atoms with Crippen molar-refractivity contribution in [1.29, 1.82) is 0 Å². The van der Waals surface area contributed by atoms with Gasteiger partial charge >= 0.3 is 0 Å². The highest BCUT2D eigenvalue weighted by atomic mass is 32.2. The first kappa shape index (κ1) is 12.2. The third kappa shape index (κ3) is 2.72. The summed E-state index contributed by atoms with van der Waals surface area (Å²) in [6, 6.07) is 0.551. The summed E-state index contributed by atoms with van der Waals surface area (Å²) in [6.07, 6.45) is 5.37. The largest absolute Gasteiger partial charge is 0.368 e. The molecule has 0 aliphatic heterocycles. The minimum Gasteiger partial charge on any atom is -0.368 e. The van der Waals surface area contributed by atoms with E-state index in [9.17, 15) is 4.79 Å². The predicted octanol–water partition coefficient (Wildman–Crippen LogP) is 1.66. The van der Waals surface area contributed by atoms with Crippen LogP contribution in [-0.2, 0) is 4.79 Å². The highest BCUT2D eigenvalue weighted by molar-refractivity contribution is 8.00. The van der Waals surface area contributed by atoms with E-state index in [1.165, 1.54) is 12.8 Å². The molecule has 0 bridgehead atoms. The van der Waals surface area contributed by atoms with Crippen molar-refractivity contribution in [3.8, 4) is 0 Å². The molecule has 2 aliphatic rings. The van der Waals surface area contributed by atoms with Crippen LogP contribution in [0.3, 0.4) is 0 Å². The highest BCUT2D eigenvalue weighted by Gasteiger charge is 2.46. The Morgan fingerprint density at radius 2 is 2.12 bits per heavy atom. The molecule has 4 heteroatoms. The molecule has 92 valence electrons. The molecule has 2 unspecified atom stereocenters. The average molecular weight is 242 g/mol. The first-order valence-electron chi connectivity index (χ1n) is 6.25. The molecule has 3 nitrogen and oxygen atoms in total. The normalized spacial score (nSPS) is 34.6. The van der Waals surface area contributed by atoms with Crippen LogP contribution in [0.5, 0.6) is 0 Å². The van der Waals surface area contributed by atoms with E-state index in [4.69, 9.17) is 5.73 Å². The molecule has 0 aromatic rings. The monoisotopic (exact) mass is 242 g/mol. The number of primary amides is 1. The lowest BCUT2D eigenvalue weighted by Crippen LogP contribution is -2.54. The zero-order valence-electron chi connectivity index (χ0n) is 10.2. The van der Waals surface area contributed by atoms with E-state index in [-0.39, 0.29) is 5.91 Å². The maximum absolute atomic E-state index is 11.7. The van der Waals surface area contributed by atoms with Gasteiger partial charge in [0.25, 0.3) is 0 Å². The standard InChI is InChI=1S/C12H22N2OS/c1-8(2)16-10-5-6-12(7-10,11(13)15)14-9-3-4-9/h8-10,14H,3-7H2,1-2H3,(H2,13,15). The molecule has 2 aliphatic carbocycles. The van der Waals surface area contributed by atoms with E-state index in [0.717, 1.165) is 19.3 Å². The van der Waals surface area contributed by atoms with Gasteiger partial charge in [-0.05, 0) is 37.4 Å². The zero-order valence-corrected chi connectivity index (χ0v) is 11.0. The number of nitrogens with two attached hydrogens (primary N) is 1. The second kappa shape index (κ2) is 4.57. The second-order valence-corrected chi connectivity index (χ2v) is 7.30. The van der Waals surface area contributed by atoms with Gasteiger partial charge in [0.1, 0.15) is 0 Å². The molecular formula is C12H22N2OS. The Morgan fingerprint density at radius 3 is 2.62 bits per heavy atom. The van der Waals surface area contributed by atoms with Crippen LogP contribution in [0.1, 0.15) is 46.0 Å². The first-order valence-corrected chi connectivity index (χ1v) is 7.19. The Morgan fingerprint density at radius 1 is 1.44 bits per heavy atom. The summed E-state index contributed by atoms with van der Waals surface area (Å²) in [4.78, 5) is 11.7. The molecule has 16 heavy (non-hydrogen) atoms. The van der Waals surface area contributed by atoms with E-state index in [1.807, 2.05) is 11.8 Å². The van der Waals surface area contributed by atoms with E-state index >= 15 is 0 Å². The van der Waals surface area contributed by atoms with Crippen molar-refractivity contribution in [2.45, 2.75) is 68.0 Å². The average Bonchev–Trinajstić information content (AvgIpc) is 2.87. The van der Waals surface area contributed by atoms with Gasteiger partial charge in [-0.2, -0.15) is 11.8 Å². The van der Waals surface area contributed by atoms with Crippen LogP contribution < -0.4 is 11.1 Å². The fourth-order valence-corrected chi connectivity index (χ4v) is 3.95. The van der Waals surface area contributed by atoms with Crippen molar-refractivity contribution in [3.63, 3.8) is 0 Å². The Hall–Kier alpha value is -0.220. The first-order chi connectivity index (χ1) is 7.52. The third-order valence-electron chi connectivity index (χ3n) is 3.46. The van der Waals surface area contributed by atoms with Crippen molar-refractivity contribution in [2.75, 3.05) is 0 Å². The molecule has 2 rings (SSSR count). The lowest BCUT2D eigenvalue weighted by molar-refractivity contribution is -0.124. The van der Waals surface area contributed by atoms with Crippen LogP contribution in [0.4, 0.5) is 0 Å². The van der Waals surface area contributed by atoms with Crippen LogP contribution in [0.2, 0.25) is 0 Å². The number of amides is 1. The smallest absolute Gasteiger partial charge is 0.237 e. The van der Waals surface area contributed by atoms with Gasteiger partial charge in [-0.3, -0.25) is 4.79 Å². The molecular weight excluding hydrogens is 220 g/mol. The molecule has 0 aromatic carbocycles. The van der Waals surface area contributed by atoms with Crippen molar-refractivity contribution in [3.05, 3.63) is 0 Å². The molecule has 0 radical (unpaired) electrons. The summed E-state index contributed by atoms with van der Waals surface area (Å²) in [5, 5.41) is 4.71. The van der Waals surface area contributed by atoms with Crippen LogP contribution >= 0.6 is 11.8 Å². The van der Waals surface area contributed by atoms with Crippen LogP contribution in [0.15, 0.2) is 0 Å². The molecule has 2 saturated carbocycles. The SMILES string of the molecule is CC(C)SC1CCC(NC2CC2)(C(N)=O)C1. The fourth-order valence-electron chi connectivity index (χ4n) is 2.55. The molecule has 2 fully saturated rings. The van der Waals surface area contributed by atoms with E-state index in [1.54, 1.807) is 0 Å². The summed E-state index contributed by atoms with van der Waals surface area (Å²) >= 11 is 1.98. The molecule has 3 N–H and O–H groups in total. The van der Waals surface area contributed by atoms with Gasteiger partial charge in [-0.15, -0.1) is 0 Å². The molecule has 0 saturated heterocycles. The topological polar surface area (TPSA) is 55.1 Å². The lowest BCUT2D eigenvalue weighted by atomic mass is 9.96. The summed E-state index contributed by atoms with van der Waals surface area (Å²) < 4.78 is 0. The number of nitrogens with one attached hydrogen (secondary N) is 1. The number of rotatable bonds is 5.